The molecule has 5 rings (SSSR count). The number of carbonyl (C=O) groups is 2. The molecule has 1 atom stereocenters. The number of hydrogen-bond donors (Lipinski definition) is 1. The Kier molecular flexibility index (Phi) is 9.06. The smallest absolute Gasteiger partial charge is 0.444 e. The lowest BCUT2D eigenvalue weighted by Crippen LogP contribution is -2.49. The Morgan fingerprint density at radius 3 is 2.42 bits per heavy atom. The number of alkyl halides is 5. The molecule has 2 aromatic heterocycles. The van der Waals surface area contributed by atoms with E-state index >= 15 is 13.2 Å². The molecule has 0 radical (unpaired) electrons. The number of aromatic nitrogens is 4. The van der Waals surface area contributed by atoms with Crippen LogP contribution in [0.3, 0.4) is 0 Å². The summed E-state index contributed by atoms with van der Waals surface area (Å²) in [6, 6.07) is 7.44. The monoisotopic (exact) mass is 705 g/mol. The summed E-state index contributed by atoms with van der Waals surface area (Å²) in [7, 11) is 0. The van der Waals surface area contributed by atoms with Crippen LogP contribution in [0.1, 0.15) is 58.1 Å². The van der Waals surface area contributed by atoms with Crippen molar-refractivity contribution in [1.29, 1.82) is 5.26 Å². The summed E-state index contributed by atoms with van der Waals surface area (Å²) in [6.45, 7) is 7.19. The van der Waals surface area contributed by atoms with Gasteiger partial charge in [0.15, 0.2) is 5.75 Å². The molecule has 0 saturated heterocycles. The van der Waals surface area contributed by atoms with Crippen LogP contribution in [0, 0.1) is 17.1 Å². The lowest BCUT2D eigenvalue weighted by Gasteiger charge is -2.27. The van der Waals surface area contributed by atoms with Gasteiger partial charge in [-0.3, -0.25) is 4.79 Å². The third-order valence-electron chi connectivity index (χ3n) is 7.29. The van der Waals surface area contributed by atoms with E-state index in [9.17, 15) is 28.0 Å². The van der Waals surface area contributed by atoms with E-state index in [0.717, 1.165) is 28.0 Å². The molecule has 2 aromatic carbocycles. The van der Waals surface area contributed by atoms with Crippen molar-refractivity contribution in [2.75, 3.05) is 4.90 Å². The van der Waals surface area contributed by atoms with Gasteiger partial charge < -0.3 is 24.1 Å². The molecule has 1 aliphatic rings. The summed E-state index contributed by atoms with van der Waals surface area (Å²) in [5.74, 6) is -7.21. The second kappa shape index (κ2) is 12.7. The van der Waals surface area contributed by atoms with E-state index in [1.54, 1.807) is 20.8 Å². The first-order valence-electron chi connectivity index (χ1n) is 14.8. The average Bonchev–Trinajstić information content (AvgIpc) is 3.67. The van der Waals surface area contributed by atoms with Gasteiger partial charge in [0.05, 0.1) is 41.9 Å². The van der Waals surface area contributed by atoms with E-state index in [1.807, 2.05) is 6.07 Å². The molecule has 4 aromatic rings. The summed E-state index contributed by atoms with van der Waals surface area (Å²) >= 11 is 0. The highest BCUT2D eigenvalue weighted by atomic mass is 19.4. The van der Waals surface area contributed by atoms with Crippen molar-refractivity contribution in [3.05, 3.63) is 71.6 Å². The van der Waals surface area contributed by atoms with Gasteiger partial charge in [0, 0.05) is 12.0 Å². The number of fused-ring (bicyclic) bond motifs is 1. The minimum absolute atomic E-state index is 0.168. The van der Waals surface area contributed by atoms with Gasteiger partial charge in [0.25, 0.3) is 11.8 Å². The fourth-order valence-electron chi connectivity index (χ4n) is 4.93. The lowest BCUT2D eigenvalue weighted by molar-refractivity contribution is -0.274. The Balaban J connectivity index is 1.56. The predicted molar refractivity (Wildman–Crippen MR) is 161 cm³/mol. The van der Waals surface area contributed by atoms with Crippen molar-refractivity contribution in [3.8, 4) is 29.0 Å². The molecule has 0 unspecified atom stereocenters. The van der Waals surface area contributed by atoms with Crippen LogP contribution < -0.4 is 15.0 Å². The summed E-state index contributed by atoms with van der Waals surface area (Å²) in [5.41, 5.74) is -3.40. The second-order valence-electron chi connectivity index (χ2n) is 12.9. The van der Waals surface area contributed by atoms with Crippen molar-refractivity contribution < 1.29 is 49.8 Å². The van der Waals surface area contributed by atoms with E-state index in [-0.39, 0.29) is 5.89 Å². The van der Waals surface area contributed by atoms with E-state index in [0.29, 0.717) is 17.3 Å². The number of carbonyl (C=O) groups excluding carboxylic acids is 2. The number of nitrogens with zero attached hydrogens (tertiary/aromatic N) is 6. The molecule has 0 spiro atoms. The first-order chi connectivity index (χ1) is 23.2. The van der Waals surface area contributed by atoms with Gasteiger partial charge in [0.1, 0.15) is 22.9 Å². The van der Waals surface area contributed by atoms with Gasteiger partial charge in [-0.25, -0.2) is 22.6 Å². The Labute approximate surface area is 280 Å². The number of alkyl carbamates (subject to hydrolysis) is 1. The molecular weight excluding hydrogens is 676 g/mol. The minimum atomic E-state index is -4.93. The topological polar surface area (TPSA) is 148 Å². The van der Waals surface area contributed by atoms with E-state index in [4.69, 9.17) is 9.15 Å². The maximum absolute atomic E-state index is 15.9. The predicted octanol–water partition coefficient (Wildman–Crippen LogP) is 6.68. The van der Waals surface area contributed by atoms with Gasteiger partial charge in [-0.05, 0) is 64.4 Å². The molecule has 0 aliphatic carbocycles. The van der Waals surface area contributed by atoms with Crippen LogP contribution in [0.5, 0.6) is 5.75 Å². The Bertz CT molecular complexity index is 1960. The lowest BCUT2D eigenvalue weighted by atomic mass is 9.96. The largest absolute Gasteiger partial charge is 0.573 e. The van der Waals surface area contributed by atoms with Crippen LogP contribution in [-0.4, -0.2) is 50.0 Å². The van der Waals surface area contributed by atoms with Crippen LogP contribution in [0.4, 0.5) is 36.8 Å². The number of hydrogen-bond acceptors (Lipinski definition) is 9. The number of rotatable bonds is 7. The summed E-state index contributed by atoms with van der Waals surface area (Å²) in [6.07, 6.45) is -5.46. The van der Waals surface area contributed by atoms with Crippen molar-refractivity contribution in [1.82, 2.24) is 25.3 Å². The van der Waals surface area contributed by atoms with E-state index in [2.05, 4.69) is 25.3 Å². The van der Waals surface area contributed by atoms with Gasteiger partial charge >= 0.3 is 12.5 Å². The van der Waals surface area contributed by atoms with Crippen molar-refractivity contribution in [2.45, 2.75) is 76.9 Å². The van der Waals surface area contributed by atoms with Crippen LogP contribution in [0.15, 0.2) is 53.2 Å². The quantitative estimate of drug-likeness (QED) is 0.208. The third-order valence-corrected chi connectivity index (χ3v) is 7.29. The van der Waals surface area contributed by atoms with Crippen LogP contribution in [0.2, 0.25) is 0 Å². The van der Waals surface area contributed by atoms with Crippen molar-refractivity contribution in [3.63, 3.8) is 0 Å². The highest BCUT2D eigenvalue weighted by Crippen LogP contribution is 2.45. The molecule has 0 saturated carbocycles. The fraction of sp³-hybridized carbons (Fsp3) is 0.375. The molecule has 1 N–H and O–H groups in total. The maximum Gasteiger partial charge on any atom is 0.573 e. The molecule has 0 bridgehead atoms. The van der Waals surface area contributed by atoms with Crippen LogP contribution >= 0.6 is 0 Å². The van der Waals surface area contributed by atoms with Gasteiger partial charge in [-0.15, -0.1) is 23.4 Å². The third kappa shape index (κ3) is 7.82. The maximum atomic E-state index is 15.9. The van der Waals surface area contributed by atoms with E-state index in [1.165, 1.54) is 38.1 Å². The standard InChI is InChI=1S/C32H29F6N7O5/c1-29(2,3)50-28(47)41-23-12-31(34,35)21-11-22(33)20(25-42-43-27(48-25)30(4,5)16-39)10-24(21)44(26(23)46)14-17-6-8-18(9-7-17)45-15-19(13-40-45)49-32(36,37)38/h6-11,13,15,23H,12,14H2,1-5H3,(H,41,47)/t23-/m1/s1. The van der Waals surface area contributed by atoms with Crippen LogP contribution in [0.25, 0.3) is 17.1 Å². The highest BCUT2D eigenvalue weighted by Gasteiger charge is 2.47. The van der Waals surface area contributed by atoms with Crippen molar-refractivity contribution >= 4 is 17.7 Å². The molecule has 0 fully saturated rings. The van der Waals surface area contributed by atoms with Crippen LogP contribution in [-0.2, 0) is 27.4 Å². The first-order valence-corrected chi connectivity index (χ1v) is 14.8. The number of nitriles is 1. The number of halogens is 6. The minimum Gasteiger partial charge on any atom is -0.444 e. The van der Waals surface area contributed by atoms with Crippen molar-refractivity contribution in [2.24, 2.45) is 0 Å². The number of amides is 2. The molecule has 2 amide bonds. The number of anilines is 1. The SMILES string of the molecule is CC(C)(C)OC(=O)N[C@@H]1CC(F)(F)c2cc(F)c(-c3nnc(C(C)(C)C#N)o3)cc2N(Cc2ccc(-n3cc(OC(F)(F)F)cn3)cc2)C1=O. The summed E-state index contributed by atoms with van der Waals surface area (Å²) < 4.78 is 101. The average molecular weight is 706 g/mol. The Hall–Kier alpha value is -5.60. The Morgan fingerprint density at radius 1 is 1.12 bits per heavy atom. The normalized spacial score (nSPS) is 16.3. The summed E-state index contributed by atoms with van der Waals surface area (Å²) in [4.78, 5) is 27.6. The highest BCUT2D eigenvalue weighted by molar-refractivity contribution is 6.00. The Morgan fingerprint density at radius 2 is 1.80 bits per heavy atom. The zero-order valence-corrected chi connectivity index (χ0v) is 27.1. The number of benzene rings is 2. The number of ether oxygens (including phenoxy) is 2. The molecule has 50 heavy (non-hydrogen) atoms. The van der Waals surface area contributed by atoms with Gasteiger partial charge in [-0.2, -0.15) is 10.4 Å². The molecule has 264 valence electrons. The molecule has 1 aliphatic heterocycles. The number of nitrogens with one attached hydrogen (secondary N) is 1. The van der Waals surface area contributed by atoms with Gasteiger partial charge in [0.2, 0.25) is 11.8 Å². The molecule has 18 heteroatoms. The first kappa shape index (κ1) is 35.7. The molecule has 3 heterocycles. The zero-order chi connectivity index (χ0) is 36.8. The fourth-order valence-corrected chi connectivity index (χ4v) is 4.93. The second-order valence-corrected chi connectivity index (χ2v) is 12.9. The van der Waals surface area contributed by atoms with E-state index < -0.39 is 88.6 Å². The van der Waals surface area contributed by atoms with Gasteiger partial charge in [-0.1, -0.05) is 12.1 Å². The molecular formula is C32H29F6N7O5. The molecule has 12 nitrogen and oxygen atoms in total. The zero-order valence-electron chi connectivity index (χ0n) is 27.1. The summed E-state index contributed by atoms with van der Waals surface area (Å²) in [5, 5.41) is 23.1.